The molecule has 1 N–H and O–H groups in total. The van der Waals surface area contributed by atoms with Gasteiger partial charge < -0.3 is 9.15 Å². The maximum Gasteiger partial charge on any atom is 0.416 e. The molecule has 0 bridgehead atoms. The van der Waals surface area contributed by atoms with Gasteiger partial charge in [0.05, 0.1) is 22.6 Å². The van der Waals surface area contributed by atoms with Crippen LogP contribution in [0.2, 0.25) is 0 Å². The van der Waals surface area contributed by atoms with Crippen molar-refractivity contribution in [3.63, 3.8) is 0 Å². The lowest BCUT2D eigenvalue weighted by molar-refractivity contribution is -0.137. The van der Waals surface area contributed by atoms with Crippen LogP contribution in [0.15, 0.2) is 57.7 Å². The van der Waals surface area contributed by atoms with Gasteiger partial charge in [0.25, 0.3) is 0 Å². The number of nitriles is 1. The predicted octanol–water partition coefficient (Wildman–Crippen LogP) is 4.45. The second kappa shape index (κ2) is 6.23. The van der Waals surface area contributed by atoms with Crippen molar-refractivity contribution in [2.75, 3.05) is 0 Å². The van der Waals surface area contributed by atoms with Gasteiger partial charge in [-0.15, -0.1) is 0 Å². The minimum atomic E-state index is -4.51. The number of nitrogens with one attached hydrogen (secondary N) is 1. The Balaban J connectivity index is 1.97. The summed E-state index contributed by atoms with van der Waals surface area (Å²) >= 11 is 0. The highest BCUT2D eigenvalue weighted by Gasteiger charge is 2.41. The van der Waals surface area contributed by atoms with Gasteiger partial charge in [0.1, 0.15) is 11.5 Å². The highest BCUT2D eigenvalue weighted by molar-refractivity contribution is 5.93. The molecule has 140 valence electrons. The average Bonchev–Trinajstić information content (AvgIpc) is 2.66. The maximum absolute atomic E-state index is 12.9. The van der Waals surface area contributed by atoms with E-state index in [0.717, 1.165) is 12.1 Å². The normalized spacial score (nSPS) is 19.0. The van der Waals surface area contributed by atoms with Gasteiger partial charge in [0.15, 0.2) is 5.75 Å². The van der Waals surface area contributed by atoms with E-state index < -0.39 is 29.2 Å². The van der Waals surface area contributed by atoms with Crippen molar-refractivity contribution in [3.8, 4) is 11.8 Å². The number of hydrogen-bond acceptors (Lipinski definition) is 5. The molecule has 0 spiro atoms. The third kappa shape index (κ3) is 2.72. The molecule has 2 atom stereocenters. The molecule has 28 heavy (non-hydrogen) atoms. The summed E-state index contributed by atoms with van der Waals surface area (Å²) in [5, 5.41) is 18.0. The Labute approximate surface area is 156 Å². The number of rotatable bonds is 1. The first-order valence-electron chi connectivity index (χ1n) is 8.20. The number of benzene rings is 2. The summed E-state index contributed by atoms with van der Waals surface area (Å²) in [6, 6.07) is 12.6. The summed E-state index contributed by atoms with van der Waals surface area (Å²) in [6.45, 7) is 0. The molecule has 4 rings (SSSR count). The monoisotopic (exact) mass is 384 g/mol. The molecule has 0 radical (unpaired) electrons. The van der Waals surface area contributed by atoms with Crippen molar-refractivity contribution >= 4 is 16.9 Å². The van der Waals surface area contributed by atoms with Gasteiger partial charge in [-0.25, -0.2) is 4.79 Å². The van der Waals surface area contributed by atoms with Gasteiger partial charge in [0.2, 0.25) is 5.90 Å². The second-order valence-electron chi connectivity index (χ2n) is 6.30. The van der Waals surface area contributed by atoms with Crippen LogP contribution >= 0.6 is 0 Å². The lowest BCUT2D eigenvalue weighted by Gasteiger charge is -2.29. The molecule has 0 aliphatic carbocycles. The van der Waals surface area contributed by atoms with E-state index in [1.54, 1.807) is 24.3 Å². The molecule has 1 aromatic heterocycles. The summed E-state index contributed by atoms with van der Waals surface area (Å²) in [7, 11) is 0. The van der Waals surface area contributed by atoms with E-state index in [0.29, 0.717) is 5.39 Å². The van der Waals surface area contributed by atoms with E-state index in [4.69, 9.17) is 14.6 Å². The van der Waals surface area contributed by atoms with Crippen molar-refractivity contribution < 1.29 is 22.3 Å². The molecule has 2 unspecified atom stereocenters. The second-order valence-corrected chi connectivity index (χ2v) is 6.30. The Kier molecular flexibility index (Phi) is 3.96. The van der Waals surface area contributed by atoms with E-state index in [2.05, 4.69) is 0 Å². The van der Waals surface area contributed by atoms with Crippen molar-refractivity contribution in [2.45, 2.75) is 12.1 Å². The molecule has 2 heterocycles. The van der Waals surface area contributed by atoms with Gasteiger partial charge in [-0.1, -0.05) is 24.3 Å². The predicted molar refractivity (Wildman–Crippen MR) is 93.2 cm³/mol. The fourth-order valence-electron chi connectivity index (χ4n) is 3.38. The topological polar surface area (TPSA) is 87.1 Å². The third-order valence-corrected chi connectivity index (χ3v) is 4.67. The molecule has 0 saturated carbocycles. The van der Waals surface area contributed by atoms with Crippen LogP contribution in [0.3, 0.4) is 0 Å². The first-order chi connectivity index (χ1) is 13.3. The number of alkyl halides is 3. The number of ether oxygens (including phenoxy) is 1. The average molecular weight is 384 g/mol. The zero-order valence-corrected chi connectivity index (χ0v) is 14.1. The van der Waals surface area contributed by atoms with Gasteiger partial charge in [0, 0.05) is 5.92 Å². The molecule has 0 amide bonds. The quantitative estimate of drug-likeness (QED) is 0.628. The third-order valence-electron chi connectivity index (χ3n) is 4.67. The number of fused-ring (bicyclic) bond motifs is 3. The molecular weight excluding hydrogens is 373 g/mol. The number of hydrogen-bond donors (Lipinski definition) is 1. The van der Waals surface area contributed by atoms with Crippen molar-refractivity contribution in [1.29, 1.82) is 10.7 Å². The summed E-state index contributed by atoms with van der Waals surface area (Å²) in [6.07, 6.45) is -4.51. The number of nitrogens with zero attached hydrogens (tertiary/aromatic N) is 1. The van der Waals surface area contributed by atoms with Gasteiger partial charge in [-0.3, -0.25) is 5.41 Å². The highest BCUT2D eigenvalue weighted by Crippen LogP contribution is 2.43. The molecule has 0 fully saturated rings. The van der Waals surface area contributed by atoms with Crippen LogP contribution in [0, 0.1) is 22.7 Å². The maximum atomic E-state index is 12.9. The number of halogens is 3. The minimum Gasteiger partial charge on any atom is -0.441 e. The molecule has 8 heteroatoms. The molecule has 1 aliphatic heterocycles. The van der Waals surface area contributed by atoms with Gasteiger partial charge in [-0.05, 0) is 29.8 Å². The Morgan fingerprint density at radius 1 is 1.07 bits per heavy atom. The molecule has 2 aromatic carbocycles. The number of para-hydroxylation sites is 1. The van der Waals surface area contributed by atoms with Crippen LogP contribution < -0.4 is 10.4 Å². The summed E-state index contributed by atoms with van der Waals surface area (Å²) in [4.78, 5) is 12.6. The van der Waals surface area contributed by atoms with Crippen molar-refractivity contribution in [2.24, 2.45) is 5.92 Å². The lowest BCUT2D eigenvalue weighted by Crippen LogP contribution is -2.34. The lowest BCUT2D eigenvalue weighted by atomic mass is 9.79. The SMILES string of the molecule is N#CC1C(=N)Oc2c(c(=O)oc3ccccc23)C1c1ccc(C(F)(F)F)cc1. The zero-order chi connectivity index (χ0) is 20.1. The molecule has 5 nitrogen and oxygen atoms in total. The van der Waals surface area contributed by atoms with Gasteiger partial charge >= 0.3 is 11.8 Å². The van der Waals surface area contributed by atoms with E-state index in [-0.39, 0.29) is 28.4 Å². The zero-order valence-electron chi connectivity index (χ0n) is 14.1. The van der Waals surface area contributed by atoms with Crippen LogP contribution in [-0.4, -0.2) is 5.90 Å². The highest BCUT2D eigenvalue weighted by atomic mass is 19.4. The van der Waals surface area contributed by atoms with E-state index >= 15 is 0 Å². The van der Waals surface area contributed by atoms with Crippen LogP contribution in [-0.2, 0) is 6.18 Å². The Hall–Kier alpha value is -3.60. The summed E-state index contributed by atoms with van der Waals surface area (Å²) < 4.78 is 49.4. The van der Waals surface area contributed by atoms with Crippen LogP contribution in [0.4, 0.5) is 13.2 Å². The van der Waals surface area contributed by atoms with E-state index in [1.807, 2.05) is 6.07 Å². The van der Waals surface area contributed by atoms with E-state index in [9.17, 15) is 23.2 Å². The largest absolute Gasteiger partial charge is 0.441 e. The molecule has 3 aromatic rings. The summed E-state index contributed by atoms with van der Waals surface area (Å²) in [5.74, 6) is -2.44. The Bertz CT molecular complexity index is 1190. The fraction of sp³-hybridized carbons (Fsp3) is 0.150. The fourth-order valence-corrected chi connectivity index (χ4v) is 3.38. The molecular formula is C20H11F3N2O3. The Morgan fingerprint density at radius 3 is 2.39 bits per heavy atom. The van der Waals surface area contributed by atoms with Crippen molar-refractivity contribution in [3.05, 3.63) is 75.6 Å². The summed E-state index contributed by atoms with van der Waals surface area (Å²) in [5.41, 5.74) is -1.05. The smallest absolute Gasteiger partial charge is 0.416 e. The Morgan fingerprint density at radius 2 is 1.75 bits per heavy atom. The van der Waals surface area contributed by atoms with E-state index in [1.165, 1.54) is 12.1 Å². The minimum absolute atomic E-state index is 0.0148. The van der Waals surface area contributed by atoms with Crippen molar-refractivity contribution in [1.82, 2.24) is 0 Å². The van der Waals surface area contributed by atoms with Crippen LogP contribution in [0.25, 0.3) is 11.0 Å². The van der Waals surface area contributed by atoms with Crippen LogP contribution in [0.5, 0.6) is 5.75 Å². The first-order valence-corrected chi connectivity index (χ1v) is 8.20. The first kappa shape index (κ1) is 17.8. The standard InChI is InChI=1S/C20H11F3N2O3/c21-20(22,23)11-7-5-10(6-8-11)15-13(9-24)18(25)28-17-12-3-1-2-4-14(12)27-19(26)16(15)17/h1-8,13,15,25H. The molecule has 1 aliphatic rings. The molecule has 0 saturated heterocycles. The van der Waals surface area contributed by atoms with Crippen LogP contribution in [0.1, 0.15) is 22.6 Å². The van der Waals surface area contributed by atoms with Gasteiger partial charge in [-0.2, -0.15) is 18.4 Å².